The third-order valence-electron chi connectivity index (χ3n) is 6.00. The molecule has 1 saturated heterocycles. The van der Waals surface area contributed by atoms with Gasteiger partial charge in [-0.15, -0.1) is 0 Å². The zero-order chi connectivity index (χ0) is 19.3. The molecule has 2 aromatic carbocycles. The molecule has 28 heavy (non-hydrogen) atoms. The molecule has 0 amide bonds. The summed E-state index contributed by atoms with van der Waals surface area (Å²) in [4.78, 5) is 5.63. The van der Waals surface area contributed by atoms with E-state index in [2.05, 4.69) is 22.0 Å². The van der Waals surface area contributed by atoms with Crippen molar-refractivity contribution in [2.24, 2.45) is 5.92 Å². The van der Waals surface area contributed by atoms with E-state index in [1.165, 1.54) is 5.56 Å². The van der Waals surface area contributed by atoms with Crippen LogP contribution in [0.15, 0.2) is 54.7 Å². The molecule has 2 heterocycles. The molecule has 1 atom stereocenters. The van der Waals surface area contributed by atoms with Crippen LogP contribution < -0.4 is 0 Å². The Bertz CT molecular complexity index is 949. The first-order valence-electron chi connectivity index (χ1n) is 10.2. The number of alkyl halides is 1. The first-order chi connectivity index (χ1) is 13.8. The highest BCUT2D eigenvalue weighted by Gasteiger charge is 2.27. The topological polar surface area (TPSA) is 42.8 Å². The number of piperidine rings is 1. The maximum Gasteiger partial charge on any atom is 0.128 e. The van der Waals surface area contributed by atoms with Crippen LogP contribution in [0.2, 0.25) is 0 Å². The fourth-order valence-corrected chi connectivity index (χ4v) is 4.43. The monoisotopic (exact) mass is 375 g/mol. The van der Waals surface area contributed by atoms with Crippen molar-refractivity contribution >= 4 is 10.9 Å². The van der Waals surface area contributed by atoms with Crippen molar-refractivity contribution in [3.8, 4) is 6.07 Å². The molecule has 4 rings (SSSR count). The molecule has 4 heteroatoms. The average Bonchev–Trinajstić information content (AvgIpc) is 3.18. The molecule has 1 N–H and O–H groups in total. The summed E-state index contributed by atoms with van der Waals surface area (Å²) >= 11 is 0. The van der Waals surface area contributed by atoms with Crippen LogP contribution in [0.25, 0.3) is 10.9 Å². The van der Waals surface area contributed by atoms with Gasteiger partial charge in [0.05, 0.1) is 5.56 Å². The summed E-state index contributed by atoms with van der Waals surface area (Å²) in [6.45, 7) is 2.96. The van der Waals surface area contributed by atoms with Gasteiger partial charge in [0.1, 0.15) is 12.2 Å². The van der Waals surface area contributed by atoms with Gasteiger partial charge in [-0.05, 0) is 68.4 Å². The average molecular weight is 375 g/mol. The minimum Gasteiger partial charge on any atom is -0.360 e. The number of nitrogens with zero attached hydrogens (tertiary/aromatic N) is 2. The second-order valence-electron chi connectivity index (χ2n) is 7.75. The molecular formula is C24H26FN3. The number of hydrogen-bond acceptors (Lipinski definition) is 2. The number of benzene rings is 2. The van der Waals surface area contributed by atoms with Crippen LogP contribution in [-0.4, -0.2) is 29.5 Å². The maximum absolute atomic E-state index is 14.8. The van der Waals surface area contributed by atoms with E-state index >= 15 is 0 Å². The minimum absolute atomic E-state index is 0.130. The molecule has 1 fully saturated rings. The molecule has 3 nitrogen and oxygen atoms in total. The van der Waals surface area contributed by atoms with Crippen molar-refractivity contribution < 1.29 is 4.39 Å². The third kappa shape index (κ3) is 3.95. The predicted molar refractivity (Wildman–Crippen MR) is 111 cm³/mol. The first kappa shape index (κ1) is 18.7. The molecule has 1 unspecified atom stereocenters. The lowest BCUT2D eigenvalue weighted by atomic mass is 9.88. The summed E-state index contributed by atoms with van der Waals surface area (Å²) in [6, 6.07) is 18.0. The summed E-state index contributed by atoms with van der Waals surface area (Å²) in [5.74, 6) is 0.130. The highest BCUT2D eigenvalue weighted by atomic mass is 19.1. The molecule has 0 aliphatic carbocycles. The zero-order valence-electron chi connectivity index (χ0n) is 16.1. The molecule has 0 bridgehead atoms. The molecule has 3 aromatic rings. The number of H-pyrrole nitrogens is 1. The fraction of sp³-hybridized carbons (Fsp3) is 0.375. The number of nitriles is 1. The van der Waals surface area contributed by atoms with Crippen LogP contribution in [0.3, 0.4) is 0 Å². The van der Waals surface area contributed by atoms with Crippen molar-refractivity contribution in [1.82, 2.24) is 9.88 Å². The van der Waals surface area contributed by atoms with Gasteiger partial charge in [-0.25, -0.2) is 4.39 Å². The summed E-state index contributed by atoms with van der Waals surface area (Å²) in [5, 5.41) is 10.4. The van der Waals surface area contributed by atoms with Crippen LogP contribution in [0.5, 0.6) is 0 Å². The van der Waals surface area contributed by atoms with Crippen molar-refractivity contribution in [1.29, 1.82) is 5.26 Å². The lowest BCUT2D eigenvalue weighted by molar-refractivity contribution is 0.120. The van der Waals surface area contributed by atoms with Crippen molar-refractivity contribution in [2.75, 3.05) is 19.6 Å². The van der Waals surface area contributed by atoms with Gasteiger partial charge in [0, 0.05) is 17.1 Å². The SMILES string of the molecule is N#Cc1c[nH]c2cccc(CCCN3CCC(C(F)c4ccccc4)CC3)c12. The molecule has 0 radical (unpaired) electrons. The van der Waals surface area contributed by atoms with Crippen LogP contribution in [0.4, 0.5) is 4.39 Å². The Morgan fingerprint density at radius 1 is 1.11 bits per heavy atom. The number of likely N-dealkylation sites (tertiary alicyclic amines) is 1. The van der Waals surface area contributed by atoms with Gasteiger partial charge < -0.3 is 9.88 Å². The van der Waals surface area contributed by atoms with Crippen molar-refractivity contribution in [3.05, 3.63) is 71.4 Å². The van der Waals surface area contributed by atoms with E-state index in [4.69, 9.17) is 0 Å². The van der Waals surface area contributed by atoms with Crippen molar-refractivity contribution in [3.63, 3.8) is 0 Å². The van der Waals surface area contributed by atoms with E-state index in [1.807, 2.05) is 42.5 Å². The smallest absolute Gasteiger partial charge is 0.128 e. The normalized spacial score (nSPS) is 16.9. The highest BCUT2D eigenvalue weighted by Crippen LogP contribution is 2.33. The number of halogens is 1. The van der Waals surface area contributed by atoms with E-state index in [0.717, 1.165) is 67.3 Å². The predicted octanol–water partition coefficient (Wildman–Crippen LogP) is 5.39. The molecular weight excluding hydrogens is 349 g/mol. The highest BCUT2D eigenvalue weighted by molar-refractivity contribution is 5.88. The molecule has 0 saturated carbocycles. The second kappa shape index (κ2) is 8.58. The van der Waals surface area contributed by atoms with Gasteiger partial charge in [0.15, 0.2) is 0 Å². The fourth-order valence-electron chi connectivity index (χ4n) is 4.43. The Morgan fingerprint density at radius 2 is 1.89 bits per heavy atom. The third-order valence-corrected chi connectivity index (χ3v) is 6.00. The molecule has 1 aromatic heterocycles. The molecule has 1 aliphatic rings. The number of aryl methyl sites for hydroxylation is 1. The summed E-state index contributed by atoms with van der Waals surface area (Å²) in [7, 11) is 0. The van der Waals surface area contributed by atoms with E-state index in [1.54, 1.807) is 6.20 Å². The van der Waals surface area contributed by atoms with Crippen LogP contribution >= 0.6 is 0 Å². The van der Waals surface area contributed by atoms with E-state index < -0.39 is 6.17 Å². The number of aromatic nitrogens is 1. The lowest BCUT2D eigenvalue weighted by Gasteiger charge is -2.33. The molecule has 0 spiro atoms. The Balaban J connectivity index is 1.29. The molecule has 144 valence electrons. The van der Waals surface area contributed by atoms with Crippen molar-refractivity contribution in [2.45, 2.75) is 31.9 Å². The number of aromatic amines is 1. The Labute approximate surface area is 165 Å². The Hall–Kier alpha value is -2.64. The zero-order valence-corrected chi connectivity index (χ0v) is 16.1. The minimum atomic E-state index is -0.848. The van der Waals surface area contributed by atoms with Gasteiger partial charge in [-0.3, -0.25) is 0 Å². The maximum atomic E-state index is 14.8. The van der Waals surface area contributed by atoms with Gasteiger partial charge in [-0.1, -0.05) is 42.5 Å². The Kier molecular flexibility index (Phi) is 5.73. The summed E-state index contributed by atoms with van der Waals surface area (Å²) < 4.78 is 14.8. The standard InChI is InChI=1S/C24H26FN3/c25-24(19-6-2-1-3-7-19)20-11-14-28(15-12-20)13-5-9-18-8-4-10-22-23(18)21(16-26)17-27-22/h1-4,6-8,10,17,20,24,27H,5,9,11-15H2. The van der Waals surface area contributed by atoms with E-state index in [0.29, 0.717) is 0 Å². The largest absolute Gasteiger partial charge is 0.360 e. The number of nitrogens with one attached hydrogen (secondary N) is 1. The molecule has 1 aliphatic heterocycles. The van der Waals surface area contributed by atoms with Gasteiger partial charge in [0.2, 0.25) is 0 Å². The summed E-state index contributed by atoms with van der Waals surface area (Å²) in [6.07, 6.45) is 4.79. The van der Waals surface area contributed by atoms with Crippen LogP contribution in [0, 0.1) is 17.2 Å². The van der Waals surface area contributed by atoms with Gasteiger partial charge in [0.25, 0.3) is 0 Å². The Morgan fingerprint density at radius 3 is 2.64 bits per heavy atom. The van der Waals surface area contributed by atoms with Gasteiger partial charge in [-0.2, -0.15) is 5.26 Å². The van der Waals surface area contributed by atoms with E-state index in [9.17, 15) is 9.65 Å². The number of fused-ring (bicyclic) bond motifs is 1. The first-order valence-corrected chi connectivity index (χ1v) is 10.2. The number of hydrogen-bond donors (Lipinski definition) is 1. The number of rotatable bonds is 6. The quantitative estimate of drug-likeness (QED) is 0.627. The van der Waals surface area contributed by atoms with Crippen LogP contribution in [0.1, 0.15) is 42.1 Å². The second-order valence-corrected chi connectivity index (χ2v) is 7.75. The van der Waals surface area contributed by atoms with E-state index in [-0.39, 0.29) is 5.92 Å². The van der Waals surface area contributed by atoms with Crippen LogP contribution in [-0.2, 0) is 6.42 Å². The van der Waals surface area contributed by atoms with Gasteiger partial charge >= 0.3 is 0 Å². The lowest BCUT2D eigenvalue weighted by Crippen LogP contribution is -2.35. The summed E-state index contributed by atoms with van der Waals surface area (Å²) in [5.41, 5.74) is 3.80.